The SMILES string of the molecule is CNCc1sc2cccc(F)c2c1CN(C)CCN(C)C. The summed E-state index contributed by atoms with van der Waals surface area (Å²) < 4.78 is 15.3. The summed E-state index contributed by atoms with van der Waals surface area (Å²) in [4.78, 5) is 5.65. The Hall–Kier alpha value is -1.01. The van der Waals surface area contributed by atoms with Gasteiger partial charge in [0.15, 0.2) is 0 Å². The van der Waals surface area contributed by atoms with E-state index >= 15 is 0 Å². The minimum absolute atomic E-state index is 0.109. The number of nitrogens with one attached hydrogen (secondary N) is 1. The van der Waals surface area contributed by atoms with Crippen molar-refractivity contribution in [2.75, 3.05) is 41.3 Å². The van der Waals surface area contributed by atoms with E-state index in [1.807, 2.05) is 13.1 Å². The van der Waals surface area contributed by atoms with Crippen molar-refractivity contribution in [3.8, 4) is 0 Å². The number of hydrogen-bond donors (Lipinski definition) is 1. The molecular formula is C16H24FN3S. The topological polar surface area (TPSA) is 18.5 Å². The largest absolute Gasteiger partial charge is 0.315 e. The first-order chi connectivity index (χ1) is 10.0. The Labute approximate surface area is 130 Å². The number of thiophene rings is 1. The van der Waals surface area contributed by atoms with Crippen LogP contribution >= 0.6 is 11.3 Å². The highest BCUT2D eigenvalue weighted by atomic mass is 32.1. The quantitative estimate of drug-likeness (QED) is 0.848. The van der Waals surface area contributed by atoms with E-state index in [4.69, 9.17) is 0 Å². The monoisotopic (exact) mass is 309 g/mol. The Balaban J connectivity index is 2.29. The molecule has 1 aromatic carbocycles. The fraction of sp³-hybridized carbons (Fsp3) is 0.500. The summed E-state index contributed by atoms with van der Waals surface area (Å²) in [6.07, 6.45) is 0. The van der Waals surface area contributed by atoms with Gasteiger partial charge in [-0.1, -0.05) is 6.07 Å². The van der Waals surface area contributed by atoms with Gasteiger partial charge >= 0.3 is 0 Å². The molecule has 1 heterocycles. The number of rotatable bonds is 7. The third-order valence-corrected chi connectivity index (χ3v) is 4.74. The van der Waals surface area contributed by atoms with Gasteiger partial charge in [-0.25, -0.2) is 4.39 Å². The lowest BCUT2D eigenvalue weighted by Gasteiger charge is -2.20. The number of nitrogens with zero attached hydrogens (tertiary/aromatic N) is 2. The standard InChI is InChI=1S/C16H24FN3S/c1-18-10-15-12(11-20(4)9-8-19(2)3)16-13(17)6-5-7-14(16)21-15/h5-7,18H,8-11H2,1-4H3. The first-order valence-corrected chi connectivity index (χ1v) is 8.01. The molecule has 0 unspecified atom stereocenters. The minimum atomic E-state index is -0.109. The van der Waals surface area contributed by atoms with Crippen LogP contribution in [0.5, 0.6) is 0 Å². The Morgan fingerprint density at radius 3 is 2.62 bits per heavy atom. The van der Waals surface area contributed by atoms with Crippen LogP contribution in [0.25, 0.3) is 10.1 Å². The van der Waals surface area contributed by atoms with Crippen LogP contribution in [0.2, 0.25) is 0 Å². The number of benzene rings is 1. The van der Waals surface area contributed by atoms with Crippen molar-refractivity contribution in [1.82, 2.24) is 15.1 Å². The molecule has 1 aromatic heterocycles. The van der Waals surface area contributed by atoms with Crippen LogP contribution in [-0.2, 0) is 13.1 Å². The van der Waals surface area contributed by atoms with E-state index in [0.717, 1.165) is 41.8 Å². The molecule has 5 heteroatoms. The molecule has 0 saturated carbocycles. The van der Waals surface area contributed by atoms with Gasteiger partial charge in [-0.2, -0.15) is 0 Å². The molecule has 0 aliphatic carbocycles. The van der Waals surface area contributed by atoms with E-state index in [0.29, 0.717) is 0 Å². The van der Waals surface area contributed by atoms with Gasteiger partial charge in [0.05, 0.1) is 0 Å². The first kappa shape index (κ1) is 16.4. The molecule has 116 valence electrons. The van der Waals surface area contributed by atoms with E-state index in [-0.39, 0.29) is 5.82 Å². The van der Waals surface area contributed by atoms with Crippen LogP contribution in [0.3, 0.4) is 0 Å². The maximum Gasteiger partial charge on any atom is 0.132 e. The van der Waals surface area contributed by atoms with Crippen molar-refractivity contribution in [3.05, 3.63) is 34.5 Å². The molecule has 0 fully saturated rings. The number of fused-ring (bicyclic) bond motifs is 1. The molecule has 2 rings (SSSR count). The molecule has 0 amide bonds. The summed E-state index contributed by atoms with van der Waals surface area (Å²) in [7, 11) is 8.16. The maximum absolute atomic E-state index is 14.2. The fourth-order valence-electron chi connectivity index (χ4n) is 2.41. The average Bonchev–Trinajstić information content (AvgIpc) is 2.76. The average molecular weight is 309 g/mol. The van der Waals surface area contributed by atoms with Crippen molar-refractivity contribution in [2.45, 2.75) is 13.1 Å². The van der Waals surface area contributed by atoms with Gasteiger partial charge in [0.1, 0.15) is 5.82 Å². The van der Waals surface area contributed by atoms with Gasteiger partial charge in [0, 0.05) is 41.1 Å². The van der Waals surface area contributed by atoms with Crippen LogP contribution in [-0.4, -0.2) is 51.1 Å². The van der Waals surface area contributed by atoms with E-state index in [1.54, 1.807) is 23.5 Å². The Morgan fingerprint density at radius 1 is 1.19 bits per heavy atom. The van der Waals surface area contributed by atoms with Gasteiger partial charge in [-0.05, 0) is 45.9 Å². The predicted molar refractivity (Wildman–Crippen MR) is 89.4 cm³/mol. The summed E-state index contributed by atoms with van der Waals surface area (Å²) in [5.74, 6) is -0.109. The molecule has 0 atom stereocenters. The molecular weight excluding hydrogens is 285 g/mol. The molecule has 1 N–H and O–H groups in total. The molecule has 0 saturated heterocycles. The lowest BCUT2D eigenvalue weighted by molar-refractivity contribution is 0.276. The Kier molecular flexibility index (Phi) is 5.70. The zero-order valence-electron chi connectivity index (χ0n) is 13.2. The van der Waals surface area contributed by atoms with Crippen molar-refractivity contribution in [1.29, 1.82) is 0 Å². The minimum Gasteiger partial charge on any atom is -0.315 e. The normalized spacial score (nSPS) is 12.0. The lowest BCUT2D eigenvalue weighted by atomic mass is 10.1. The zero-order valence-corrected chi connectivity index (χ0v) is 14.1. The molecule has 2 aromatic rings. The smallest absolute Gasteiger partial charge is 0.132 e. The Morgan fingerprint density at radius 2 is 1.95 bits per heavy atom. The number of halogens is 1. The van der Waals surface area contributed by atoms with Crippen LogP contribution in [0.15, 0.2) is 18.2 Å². The third-order valence-electron chi connectivity index (χ3n) is 3.54. The number of likely N-dealkylation sites (N-methyl/N-ethyl adjacent to an activating group) is 2. The second-order valence-corrected chi connectivity index (χ2v) is 6.82. The molecule has 0 aliphatic heterocycles. The Bertz CT molecular complexity index is 594. The highest BCUT2D eigenvalue weighted by Crippen LogP contribution is 2.33. The van der Waals surface area contributed by atoms with Crippen LogP contribution < -0.4 is 5.32 Å². The fourth-order valence-corrected chi connectivity index (χ4v) is 3.65. The van der Waals surface area contributed by atoms with Crippen LogP contribution in [0, 0.1) is 5.82 Å². The zero-order chi connectivity index (χ0) is 15.4. The van der Waals surface area contributed by atoms with Crippen molar-refractivity contribution >= 4 is 21.4 Å². The van der Waals surface area contributed by atoms with Gasteiger partial charge in [-0.3, -0.25) is 0 Å². The van der Waals surface area contributed by atoms with E-state index in [9.17, 15) is 4.39 Å². The molecule has 21 heavy (non-hydrogen) atoms. The maximum atomic E-state index is 14.2. The van der Waals surface area contributed by atoms with Crippen molar-refractivity contribution in [2.24, 2.45) is 0 Å². The van der Waals surface area contributed by atoms with Crippen LogP contribution in [0.4, 0.5) is 4.39 Å². The summed E-state index contributed by atoms with van der Waals surface area (Å²) in [5.41, 5.74) is 1.13. The first-order valence-electron chi connectivity index (χ1n) is 7.19. The third kappa shape index (κ3) is 4.01. The van der Waals surface area contributed by atoms with Gasteiger partial charge in [-0.15, -0.1) is 11.3 Å². The van der Waals surface area contributed by atoms with Gasteiger partial charge < -0.3 is 15.1 Å². The second-order valence-electron chi connectivity index (χ2n) is 5.69. The molecule has 0 bridgehead atoms. The summed E-state index contributed by atoms with van der Waals surface area (Å²) in [6.45, 7) is 3.54. The summed E-state index contributed by atoms with van der Waals surface area (Å²) in [5, 5.41) is 3.99. The van der Waals surface area contributed by atoms with Crippen molar-refractivity contribution in [3.63, 3.8) is 0 Å². The van der Waals surface area contributed by atoms with Crippen LogP contribution in [0.1, 0.15) is 10.4 Å². The van der Waals surface area contributed by atoms with E-state index in [1.165, 1.54) is 4.88 Å². The van der Waals surface area contributed by atoms with Crippen molar-refractivity contribution < 1.29 is 4.39 Å². The molecule has 0 radical (unpaired) electrons. The predicted octanol–water partition coefficient (Wildman–Crippen LogP) is 2.75. The van der Waals surface area contributed by atoms with Gasteiger partial charge in [0.2, 0.25) is 0 Å². The highest BCUT2D eigenvalue weighted by Gasteiger charge is 2.16. The molecule has 0 spiro atoms. The molecule has 3 nitrogen and oxygen atoms in total. The van der Waals surface area contributed by atoms with E-state index in [2.05, 4.69) is 36.3 Å². The van der Waals surface area contributed by atoms with E-state index < -0.39 is 0 Å². The summed E-state index contributed by atoms with van der Waals surface area (Å²) in [6, 6.07) is 5.35. The lowest BCUT2D eigenvalue weighted by Crippen LogP contribution is -2.28. The summed E-state index contributed by atoms with van der Waals surface area (Å²) >= 11 is 1.69. The van der Waals surface area contributed by atoms with Gasteiger partial charge in [0.25, 0.3) is 0 Å². The highest BCUT2D eigenvalue weighted by molar-refractivity contribution is 7.19. The second kappa shape index (κ2) is 7.31. The molecule has 0 aliphatic rings. The number of hydrogen-bond acceptors (Lipinski definition) is 4.